The Kier molecular flexibility index (Phi) is 16.1. The number of likely N-dealkylation sites (N-methyl/N-ethyl adjacent to an activating group) is 1. The minimum atomic E-state index is -0.997. The van der Waals surface area contributed by atoms with Gasteiger partial charge >= 0.3 is 0 Å². The lowest BCUT2D eigenvalue weighted by Crippen LogP contribution is -2.55. The zero-order valence-electron chi connectivity index (χ0n) is 29.8. The molecule has 268 valence electrons. The van der Waals surface area contributed by atoms with Crippen LogP contribution >= 0.6 is 0 Å². The predicted octanol–water partition coefficient (Wildman–Crippen LogP) is 4.01. The molecule has 4 N–H and O–H groups in total. The molecule has 0 aromatic heterocycles. The number of carbonyl (C=O) groups excluding carboxylic acids is 5. The summed E-state index contributed by atoms with van der Waals surface area (Å²) in [6, 6.07) is 13.7. The molecule has 0 aliphatic carbocycles. The number of amides is 5. The Labute approximate surface area is 291 Å². The summed E-state index contributed by atoms with van der Waals surface area (Å²) in [4.78, 5) is 69.2. The fraction of sp³-hybridized carbons (Fsp3) is 0.553. The maximum Gasteiger partial charge on any atom is 0.255 e. The van der Waals surface area contributed by atoms with Gasteiger partial charge in [-0.1, -0.05) is 83.0 Å². The molecule has 2 aromatic carbocycles. The summed E-state index contributed by atoms with van der Waals surface area (Å²) in [5.41, 5.74) is 1.21. The molecule has 2 aromatic rings. The van der Waals surface area contributed by atoms with Crippen molar-refractivity contribution in [2.45, 2.75) is 97.2 Å². The summed E-state index contributed by atoms with van der Waals surface area (Å²) in [5.74, 6) is -1.28. The fourth-order valence-corrected chi connectivity index (χ4v) is 5.64. The highest BCUT2D eigenvalue weighted by molar-refractivity contribution is 6.00. The maximum atomic E-state index is 13.7. The molecule has 5 amide bonds. The molecule has 49 heavy (non-hydrogen) atoms. The summed E-state index contributed by atoms with van der Waals surface area (Å²) in [5, 5.41) is 11.5. The molecule has 11 heteroatoms. The lowest BCUT2D eigenvalue weighted by molar-refractivity contribution is -0.136. The van der Waals surface area contributed by atoms with Crippen LogP contribution < -0.4 is 26.0 Å². The second-order valence-electron chi connectivity index (χ2n) is 13.7. The summed E-state index contributed by atoms with van der Waals surface area (Å²) >= 11 is 0. The van der Waals surface area contributed by atoms with E-state index in [1.54, 1.807) is 36.2 Å². The first-order valence-electron chi connectivity index (χ1n) is 17.6. The van der Waals surface area contributed by atoms with Gasteiger partial charge in [0.15, 0.2) is 0 Å². The van der Waals surface area contributed by atoms with E-state index in [1.165, 1.54) is 0 Å². The number of carbonyl (C=O) groups is 5. The van der Waals surface area contributed by atoms with E-state index in [1.807, 2.05) is 58.0 Å². The lowest BCUT2D eigenvalue weighted by Gasteiger charge is -2.28. The lowest BCUT2D eigenvalue weighted by atomic mass is 10.0. The van der Waals surface area contributed by atoms with Crippen molar-refractivity contribution < 1.29 is 28.7 Å². The van der Waals surface area contributed by atoms with E-state index in [4.69, 9.17) is 4.74 Å². The van der Waals surface area contributed by atoms with E-state index in [2.05, 4.69) is 21.3 Å². The van der Waals surface area contributed by atoms with Crippen molar-refractivity contribution in [2.75, 3.05) is 26.7 Å². The molecule has 1 aliphatic heterocycles. The Hall–Kier alpha value is -4.41. The number of hydrogen-bond acceptors (Lipinski definition) is 6. The number of hydrogen-bond donors (Lipinski definition) is 4. The normalized spacial score (nSPS) is 21.0. The van der Waals surface area contributed by atoms with Gasteiger partial charge in [0, 0.05) is 33.0 Å². The van der Waals surface area contributed by atoms with Crippen molar-refractivity contribution >= 4 is 29.5 Å². The third-order valence-corrected chi connectivity index (χ3v) is 8.38. The van der Waals surface area contributed by atoms with Crippen molar-refractivity contribution in [2.24, 2.45) is 11.8 Å². The number of ether oxygens (including phenoxy) is 1. The molecule has 3 atom stereocenters. The van der Waals surface area contributed by atoms with Crippen LogP contribution in [0.25, 0.3) is 0 Å². The number of nitrogens with one attached hydrogen (secondary N) is 4. The zero-order valence-corrected chi connectivity index (χ0v) is 29.8. The number of benzene rings is 2. The smallest absolute Gasteiger partial charge is 0.255 e. The third kappa shape index (κ3) is 13.6. The van der Waals surface area contributed by atoms with E-state index in [9.17, 15) is 24.0 Å². The second-order valence-corrected chi connectivity index (χ2v) is 13.7. The third-order valence-electron chi connectivity index (χ3n) is 8.38. The molecular weight excluding hydrogens is 622 g/mol. The Balaban J connectivity index is 1.88. The highest BCUT2D eigenvalue weighted by Gasteiger charge is 2.30. The van der Waals surface area contributed by atoms with Crippen molar-refractivity contribution in [3.05, 3.63) is 65.7 Å². The summed E-state index contributed by atoms with van der Waals surface area (Å²) in [6.45, 7) is 9.18. The topological polar surface area (TPSA) is 146 Å². The molecular formula is C38H55N5O6. The van der Waals surface area contributed by atoms with Crippen molar-refractivity contribution in [1.29, 1.82) is 0 Å². The van der Waals surface area contributed by atoms with Crippen LogP contribution in [0.3, 0.4) is 0 Å². The van der Waals surface area contributed by atoms with Gasteiger partial charge in [-0.25, -0.2) is 0 Å². The molecule has 0 radical (unpaired) electrons. The quantitative estimate of drug-likeness (QED) is 0.349. The molecule has 3 rings (SSSR count). The fourth-order valence-electron chi connectivity index (χ4n) is 5.64. The van der Waals surface area contributed by atoms with Crippen LogP contribution in [0.15, 0.2) is 54.6 Å². The number of para-hydroxylation sites is 1. The molecule has 1 heterocycles. The van der Waals surface area contributed by atoms with Crippen LogP contribution in [0.1, 0.15) is 88.6 Å². The first-order valence-corrected chi connectivity index (χ1v) is 17.6. The van der Waals surface area contributed by atoms with Crippen molar-refractivity contribution in [1.82, 2.24) is 26.2 Å². The average molecular weight is 678 g/mol. The first-order chi connectivity index (χ1) is 23.4. The van der Waals surface area contributed by atoms with Crippen LogP contribution in [-0.2, 0) is 25.6 Å². The predicted molar refractivity (Wildman–Crippen MR) is 190 cm³/mol. The zero-order chi connectivity index (χ0) is 35.8. The van der Waals surface area contributed by atoms with Gasteiger partial charge in [0.05, 0.1) is 12.2 Å². The molecule has 11 nitrogen and oxygen atoms in total. The van der Waals surface area contributed by atoms with Crippen molar-refractivity contribution in [3.8, 4) is 5.75 Å². The van der Waals surface area contributed by atoms with Crippen LogP contribution in [0.2, 0.25) is 0 Å². The van der Waals surface area contributed by atoms with Crippen LogP contribution in [-0.4, -0.2) is 79.3 Å². The van der Waals surface area contributed by atoms with Gasteiger partial charge in [0.25, 0.3) is 5.91 Å². The monoisotopic (exact) mass is 677 g/mol. The van der Waals surface area contributed by atoms with Gasteiger partial charge in [0.2, 0.25) is 23.6 Å². The highest BCUT2D eigenvalue weighted by Crippen LogP contribution is 2.19. The molecule has 0 unspecified atom stereocenters. The van der Waals surface area contributed by atoms with Crippen molar-refractivity contribution in [3.63, 3.8) is 0 Å². The minimum Gasteiger partial charge on any atom is -0.493 e. The Morgan fingerprint density at radius 3 is 2.27 bits per heavy atom. The van der Waals surface area contributed by atoms with Gasteiger partial charge < -0.3 is 30.9 Å². The molecule has 0 bridgehead atoms. The Morgan fingerprint density at radius 2 is 1.55 bits per heavy atom. The van der Waals surface area contributed by atoms with Gasteiger partial charge in [-0.2, -0.15) is 0 Å². The molecule has 0 fully saturated rings. The first kappa shape index (κ1) is 39.0. The molecule has 0 saturated heterocycles. The summed E-state index contributed by atoms with van der Waals surface area (Å²) < 4.78 is 5.99. The highest BCUT2D eigenvalue weighted by atomic mass is 16.5. The number of fused-ring (bicyclic) bond motifs is 1. The van der Waals surface area contributed by atoms with Gasteiger partial charge in [-0.15, -0.1) is 0 Å². The molecule has 1 aliphatic rings. The van der Waals surface area contributed by atoms with E-state index < -0.39 is 41.8 Å². The second kappa shape index (κ2) is 20.2. The van der Waals surface area contributed by atoms with Gasteiger partial charge in [-0.05, 0) is 55.2 Å². The van der Waals surface area contributed by atoms with Gasteiger partial charge in [0.1, 0.15) is 23.9 Å². The molecule has 0 spiro atoms. The largest absolute Gasteiger partial charge is 0.493 e. The standard InChI is InChI=1S/C38H55N5O6/c1-26(2)23-31-37(47)42-32(24-28-15-9-8-10-16-28)38(48)43(5)21-13-6-7-14-22-49-33-18-12-11-17-29(33)35(45)41-30(19-20-34(44)40-31)36(46)39-25-27(3)4/h8-12,15-18,26-27,30-32H,6-7,13-14,19-25H2,1-5H3,(H,39,46)(H,40,44)(H,41,45)(H,42,47)/t30-,31-,32-/m0/s1. The summed E-state index contributed by atoms with van der Waals surface area (Å²) in [6.07, 6.45) is 3.83. The Bertz CT molecular complexity index is 1380. The molecule has 0 saturated carbocycles. The van der Waals surface area contributed by atoms with E-state index >= 15 is 0 Å². The van der Waals surface area contributed by atoms with E-state index in [0.717, 1.165) is 31.2 Å². The summed E-state index contributed by atoms with van der Waals surface area (Å²) in [7, 11) is 1.75. The van der Waals surface area contributed by atoms with Crippen LogP contribution in [0.4, 0.5) is 0 Å². The van der Waals surface area contributed by atoms with Crippen LogP contribution in [0.5, 0.6) is 5.75 Å². The SMILES string of the molecule is CC(C)CNC(=O)[C@@H]1CCC(=O)N[C@@H](CC(C)C)C(=O)N[C@@H](Cc2ccccc2)C(=O)N(C)CCCCCCOc2ccccc2C(=O)N1. The minimum absolute atomic E-state index is 0.0143. The van der Waals surface area contributed by atoms with Gasteiger partial charge in [-0.3, -0.25) is 24.0 Å². The number of rotatable bonds is 7. The van der Waals surface area contributed by atoms with E-state index in [-0.39, 0.29) is 30.6 Å². The number of nitrogens with zero attached hydrogens (tertiary/aromatic N) is 1. The van der Waals surface area contributed by atoms with E-state index in [0.29, 0.717) is 43.9 Å². The van der Waals surface area contributed by atoms with Crippen LogP contribution in [0, 0.1) is 11.8 Å². The Morgan fingerprint density at radius 1 is 0.857 bits per heavy atom. The average Bonchev–Trinajstić information content (AvgIpc) is 3.07. The maximum absolute atomic E-state index is 13.7.